The molecule has 4 nitrogen and oxygen atoms in total. The SMILES string of the molecule is COc1ccc(C2(C(=O)N3CCC4(CC3)CC4)CCOCC2)cc1. The smallest absolute Gasteiger partial charge is 0.233 e. The number of methoxy groups -OCH3 is 1. The van der Waals surface area contributed by atoms with Crippen LogP contribution in [0.4, 0.5) is 0 Å². The maximum atomic E-state index is 13.5. The normalized spacial score (nSPS) is 24.6. The van der Waals surface area contributed by atoms with Crippen LogP contribution in [0.1, 0.15) is 44.1 Å². The summed E-state index contributed by atoms with van der Waals surface area (Å²) in [4.78, 5) is 15.6. The van der Waals surface area contributed by atoms with Crippen molar-refractivity contribution in [2.24, 2.45) is 5.41 Å². The second kappa shape index (κ2) is 6.07. The van der Waals surface area contributed by atoms with E-state index in [-0.39, 0.29) is 0 Å². The maximum absolute atomic E-state index is 13.5. The molecule has 0 unspecified atom stereocenters. The zero-order valence-corrected chi connectivity index (χ0v) is 14.6. The van der Waals surface area contributed by atoms with E-state index >= 15 is 0 Å². The lowest BCUT2D eigenvalue weighted by Crippen LogP contribution is -2.52. The van der Waals surface area contributed by atoms with Gasteiger partial charge in [0.1, 0.15) is 5.75 Å². The third kappa shape index (κ3) is 2.71. The summed E-state index contributed by atoms with van der Waals surface area (Å²) in [5.74, 6) is 1.15. The summed E-state index contributed by atoms with van der Waals surface area (Å²) in [6.07, 6.45) is 6.67. The largest absolute Gasteiger partial charge is 0.497 e. The van der Waals surface area contributed by atoms with Crippen molar-refractivity contribution in [1.29, 1.82) is 0 Å². The molecule has 2 aliphatic heterocycles. The lowest BCUT2D eigenvalue weighted by Gasteiger charge is -2.42. The molecule has 1 saturated carbocycles. The van der Waals surface area contributed by atoms with Crippen LogP contribution >= 0.6 is 0 Å². The molecule has 1 aromatic rings. The molecular formula is C20H27NO3. The molecule has 0 bridgehead atoms. The van der Waals surface area contributed by atoms with Crippen molar-refractivity contribution in [3.8, 4) is 5.75 Å². The lowest BCUT2D eigenvalue weighted by molar-refractivity contribution is -0.143. The zero-order valence-electron chi connectivity index (χ0n) is 14.6. The fraction of sp³-hybridized carbons (Fsp3) is 0.650. The van der Waals surface area contributed by atoms with Crippen molar-refractivity contribution < 1.29 is 14.3 Å². The van der Waals surface area contributed by atoms with Crippen molar-refractivity contribution in [2.45, 2.75) is 43.9 Å². The van der Waals surface area contributed by atoms with Crippen LogP contribution in [0.2, 0.25) is 0 Å². The van der Waals surface area contributed by atoms with Gasteiger partial charge in [-0.25, -0.2) is 0 Å². The predicted octanol–water partition coefficient (Wildman–Crippen LogP) is 3.15. The monoisotopic (exact) mass is 329 g/mol. The molecule has 1 aromatic carbocycles. The molecular weight excluding hydrogens is 302 g/mol. The molecule has 0 radical (unpaired) electrons. The van der Waals surface area contributed by atoms with Crippen LogP contribution in [0.15, 0.2) is 24.3 Å². The van der Waals surface area contributed by atoms with E-state index in [4.69, 9.17) is 9.47 Å². The Morgan fingerprint density at radius 2 is 1.62 bits per heavy atom. The number of hydrogen-bond acceptors (Lipinski definition) is 3. The molecule has 1 spiro atoms. The van der Waals surface area contributed by atoms with E-state index < -0.39 is 5.41 Å². The van der Waals surface area contributed by atoms with Gasteiger partial charge in [-0.15, -0.1) is 0 Å². The van der Waals surface area contributed by atoms with Gasteiger partial charge < -0.3 is 14.4 Å². The fourth-order valence-corrected chi connectivity index (χ4v) is 4.42. The number of piperidine rings is 1. The summed E-state index contributed by atoms with van der Waals surface area (Å²) in [5.41, 5.74) is 1.29. The Labute approximate surface area is 144 Å². The van der Waals surface area contributed by atoms with Gasteiger partial charge in [0.05, 0.1) is 12.5 Å². The summed E-state index contributed by atoms with van der Waals surface area (Å²) < 4.78 is 10.9. The van der Waals surface area contributed by atoms with E-state index in [0.29, 0.717) is 24.5 Å². The number of carbonyl (C=O) groups is 1. The first-order chi connectivity index (χ1) is 11.7. The molecule has 2 heterocycles. The Balaban J connectivity index is 1.58. The predicted molar refractivity (Wildman–Crippen MR) is 92.2 cm³/mol. The Hall–Kier alpha value is -1.55. The minimum absolute atomic E-state index is 0.312. The van der Waals surface area contributed by atoms with Gasteiger partial charge in [0.15, 0.2) is 0 Å². The summed E-state index contributed by atoms with van der Waals surface area (Å²) in [5, 5.41) is 0. The highest BCUT2D eigenvalue weighted by atomic mass is 16.5. The number of rotatable bonds is 3. The van der Waals surface area contributed by atoms with Crippen LogP contribution < -0.4 is 4.74 Å². The molecule has 0 N–H and O–H groups in total. The van der Waals surface area contributed by atoms with Crippen molar-refractivity contribution in [1.82, 2.24) is 4.90 Å². The van der Waals surface area contributed by atoms with Crippen molar-refractivity contribution >= 4 is 5.91 Å². The fourth-order valence-electron chi connectivity index (χ4n) is 4.42. The first-order valence-electron chi connectivity index (χ1n) is 9.19. The Morgan fingerprint density at radius 1 is 1.00 bits per heavy atom. The number of nitrogens with zero attached hydrogens (tertiary/aromatic N) is 1. The van der Waals surface area contributed by atoms with E-state index in [1.807, 2.05) is 12.1 Å². The summed E-state index contributed by atoms with van der Waals surface area (Å²) in [6.45, 7) is 3.18. The van der Waals surface area contributed by atoms with Gasteiger partial charge in [0.25, 0.3) is 0 Å². The molecule has 130 valence electrons. The molecule has 4 rings (SSSR count). The molecule has 3 aliphatic rings. The standard InChI is InChI=1S/C20H27NO3/c1-23-17-4-2-16(3-5-17)20(10-14-24-15-11-20)18(22)21-12-8-19(6-7-19)9-13-21/h2-5H,6-15H2,1H3. The zero-order chi connectivity index (χ0) is 16.6. The van der Waals surface area contributed by atoms with Crippen LogP contribution in [-0.4, -0.2) is 44.2 Å². The van der Waals surface area contributed by atoms with E-state index in [1.165, 1.54) is 25.7 Å². The maximum Gasteiger partial charge on any atom is 0.233 e. The first kappa shape index (κ1) is 15.9. The van der Waals surface area contributed by atoms with Crippen molar-refractivity contribution in [3.05, 3.63) is 29.8 Å². The van der Waals surface area contributed by atoms with Crippen molar-refractivity contribution in [2.75, 3.05) is 33.4 Å². The number of ether oxygens (including phenoxy) is 2. The number of hydrogen-bond donors (Lipinski definition) is 0. The van der Waals surface area contributed by atoms with Crippen molar-refractivity contribution in [3.63, 3.8) is 0 Å². The first-order valence-corrected chi connectivity index (χ1v) is 9.19. The Bertz CT molecular complexity index is 590. The van der Waals surface area contributed by atoms with Crippen LogP contribution in [0.3, 0.4) is 0 Å². The summed E-state index contributed by atoms with van der Waals surface area (Å²) >= 11 is 0. The highest BCUT2D eigenvalue weighted by Gasteiger charge is 2.49. The second-order valence-electron chi connectivity index (χ2n) is 7.72. The highest BCUT2D eigenvalue weighted by molar-refractivity contribution is 5.88. The minimum atomic E-state index is -0.418. The summed E-state index contributed by atoms with van der Waals surface area (Å²) in [7, 11) is 1.67. The van der Waals surface area contributed by atoms with Gasteiger partial charge in [-0.2, -0.15) is 0 Å². The number of likely N-dealkylation sites (tertiary alicyclic amines) is 1. The number of amides is 1. The van der Waals surface area contributed by atoms with E-state index in [9.17, 15) is 4.79 Å². The molecule has 1 amide bonds. The van der Waals surface area contributed by atoms with Gasteiger partial charge in [0, 0.05) is 26.3 Å². The van der Waals surface area contributed by atoms with Gasteiger partial charge in [0.2, 0.25) is 5.91 Å². The number of benzene rings is 1. The highest BCUT2D eigenvalue weighted by Crippen LogP contribution is 2.54. The second-order valence-corrected chi connectivity index (χ2v) is 7.72. The van der Waals surface area contributed by atoms with Gasteiger partial charge >= 0.3 is 0 Å². The average molecular weight is 329 g/mol. The third-order valence-electron chi connectivity index (χ3n) is 6.47. The molecule has 0 atom stereocenters. The molecule has 0 aromatic heterocycles. The topological polar surface area (TPSA) is 38.8 Å². The third-order valence-corrected chi connectivity index (χ3v) is 6.47. The molecule has 3 fully saturated rings. The molecule has 24 heavy (non-hydrogen) atoms. The average Bonchev–Trinajstić information content (AvgIpc) is 3.41. The lowest BCUT2D eigenvalue weighted by atomic mass is 9.72. The van der Waals surface area contributed by atoms with Crippen LogP contribution in [0, 0.1) is 5.41 Å². The van der Waals surface area contributed by atoms with Crippen LogP contribution in [0.25, 0.3) is 0 Å². The summed E-state index contributed by atoms with van der Waals surface area (Å²) in [6, 6.07) is 8.06. The van der Waals surface area contributed by atoms with Crippen LogP contribution in [0.5, 0.6) is 5.75 Å². The minimum Gasteiger partial charge on any atom is -0.497 e. The quantitative estimate of drug-likeness (QED) is 0.855. The van der Waals surface area contributed by atoms with Gasteiger partial charge in [-0.05, 0) is 61.6 Å². The molecule has 1 aliphatic carbocycles. The number of carbonyl (C=O) groups excluding carboxylic acids is 1. The Kier molecular flexibility index (Phi) is 4.03. The Morgan fingerprint density at radius 3 is 2.17 bits per heavy atom. The van der Waals surface area contributed by atoms with Gasteiger partial charge in [-0.1, -0.05) is 12.1 Å². The van der Waals surface area contributed by atoms with E-state index in [2.05, 4.69) is 17.0 Å². The van der Waals surface area contributed by atoms with Gasteiger partial charge in [-0.3, -0.25) is 4.79 Å². The van der Waals surface area contributed by atoms with E-state index in [0.717, 1.165) is 37.2 Å². The molecule has 4 heteroatoms. The van der Waals surface area contributed by atoms with Crippen LogP contribution in [-0.2, 0) is 14.9 Å². The van der Waals surface area contributed by atoms with E-state index in [1.54, 1.807) is 7.11 Å². The molecule has 2 saturated heterocycles.